The van der Waals surface area contributed by atoms with Gasteiger partial charge in [-0.1, -0.05) is 18.2 Å². The maximum Gasteiger partial charge on any atom is 0.161 e. The van der Waals surface area contributed by atoms with E-state index in [0.29, 0.717) is 0 Å². The molecule has 0 fully saturated rings. The molecule has 0 amide bonds. The number of nitrogens with zero attached hydrogens (tertiary/aromatic N) is 1. The Bertz CT molecular complexity index is 626. The highest BCUT2D eigenvalue weighted by Gasteiger charge is 2.12. The van der Waals surface area contributed by atoms with Crippen molar-refractivity contribution in [2.75, 3.05) is 7.11 Å². The van der Waals surface area contributed by atoms with Crippen molar-refractivity contribution in [2.45, 2.75) is 33.7 Å². The van der Waals surface area contributed by atoms with E-state index in [1.165, 1.54) is 5.56 Å². The number of para-hydroxylation sites is 1. The summed E-state index contributed by atoms with van der Waals surface area (Å²) in [7, 11) is 1.69. The summed E-state index contributed by atoms with van der Waals surface area (Å²) >= 11 is 0. The van der Waals surface area contributed by atoms with Gasteiger partial charge in [0.15, 0.2) is 5.78 Å². The maximum absolute atomic E-state index is 11.6. The summed E-state index contributed by atoms with van der Waals surface area (Å²) in [6.07, 6.45) is 0.887. The maximum atomic E-state index is 11.6. The number of aryl methyl sites for hydroxylation is 2. The van der Waals surface area contributed by atoms with Crippen molar-refractivity contribution >= 4 is 5.78 Å². The summed E-state index contributed by atoms with van der Waals surface area (Å²) < 4.78 is 7.57. The number of ether oxygens (including phenoxy) is 1. The molecule has 1 aromatic heterocycles. The van der Waals surface area contributed by atoms with Crippen LogP contribution in [0, 0.1) is 13.8 Å². The molecule has 1 aromatic carbocycles. The summed E-state index contributed by atoms with van der Waals surface area (Å²) in [6, 6.07) is 10.0. The number of benzene rings is 1. The van der Waals surface area contributed by atoms with Crippen LogP contribution in [0.15, 0.2) is 30.3 Å². The van der Waals surface area contributed by atoms with E-state index in [4.69, 9.17) is 4.74 Å². The molecule has 0 unspecified atom stereocenters. The molecule has 106 valence electrons. The smallest absolute Gasteiger partial charge is 0.161 e. The van der Waals surface area contributed by atoms with Gasteiger partial charge >= 0.3 is 0 Å². The Balaban J connectivity index is 2.21. The van der Waals surface area contributed by atoms with Crippen LogP contribution in [0.3, 0.4) is 0 Å². The second kappa shape index (κ2) is 5.95. The first-order chi connectivity index (χ1) is 9.54. The van der Waals surface area contributed by atoms with E-state index in [1.807, 2.05) is 38.1 Å². The summed E-state index contributed by atoms with van der Waals surface area (Å²) in [5, 5.41) is 0. The molecule has 20 heavy (non-hydrogen) atoms. The Morgan fingerprint density at radius 1 is 1.25 bits per heavy atom. The van der Waals surface area contributed by atoms with Crippen molar-refractivity contribution in [3.05, 3.63) is 52.8 Å². The number of carbonyl (C=O) groups is 1. The summed E-state index contributed by atoms with van der Waals surface area (Å²) in [5.74, 6) is 1.04. The van der Waals surface area contributed by atoms with Crippen molar-refractivity contribution in [3.8, 4) is 5.75 Å². The van der Waals surface area contributed by atoms with Gasteiger partial charge in [0.1, 0.15) is 5.75 Å². The molecule has 0 aliphatic carbocycles. The van der Waals surface area contributed by atoms with Gasteiger partial charge < -0.3 is 9.30 Å². The van der Waals surface area contributed by atoms with Crippen LogP contribution >= 0.6 is 0 Å². The van der Waals surface area contributed by atoms with Crippen molar-refractivity contribution < 1.29 is 9.53 Å². The molecule has 0 radical (unpaired) electrons. The summed E-state index contributed by atoms with van der Waals surface area (Å²) in [6.45, 7) is 6.52. The van der Waals surface area contributed by atoms with Gasteiger partial charge in [-0.15, -0.1) is 0 Å². The number of Topliss-reactive ketones (excluding diaryl/α,β-unsaturated/α-hetero) is 1. The largest absolute Gasteiger partial charge is 0.496 e. The fourth-order valence-corrected chi connectivity index (χ4v) is 2.64. The SMILES string of the molecule is COc1ccccc1CCn1c(C)cc(C(C)=O)c1C. The summed E-state index contributed by atoms with van der Waals surface area (Å²) in [4.78, 5) is 11.6. The van der Waals surface area contributed by atoms with E-state index >= 15 is 0 Å². The second-order valence-electron chi connectivity index (χ2n) is 5.05. The van der Waals surface area contributed by atoms with Crippen molar-refractivity contribution in [1.82, 2.24) is 4.57 Å². The highest BCUT2D eigenvalue weighted by molar-refractivity contribution is 5.95. The average molecular weight is 271 g/mol. The van der Waals surface area contributed by atoms with Gasteiger partial charge in [0.25, 0.3) is 0 Å². The molecule has 0 bridgehead atoms. The third-order valence-electron chi connectivity index (χ3n) is 3.75. The van der Waals surface area contributed by atoms with Crippen LogP contribution in [0.2, 0.25) is 0 Å². The number of rotatable bonds is 5. The Labute approximate surface area is 120 Å². The van der Waals surface area contributed by atoms with Gasteiger partial charge in [-0.25, -0.2) is 0 Å². The van der Waals surface area contributed by atoms with E-state index in [2.05, 4.69) is 10.6 Å². The predicted molar refractivity (Wildman–Crippen MR) is 80.6 cm³/mol. The van der Waals surface area contributed by atoms with Crippen LogP contribution in [-0.4, -0.2) is 17.5 Å². The molecule has 0 aliphatic heterocycles. The lowest BCUT2D eigenvalue weighted by atomic mass is 10.1. The number of hydrogen-bond acceptors (Lipinski definition) is 2. The van der Waals surface area contributed by atoms with E-state index < -0.39 is 0 Å². The molecule has 1 heterocycles. The molecule has 0 saturated carbocycles. The predicted octanol–water partition coefficient (Wildman–Crippen LogP) is 3.56. The van der Waals surface area contributed by atoms with Crippen LogP contribution < -0.4 is 4.74 Å². The number of hydrogen-bond donors (Lipinski definition) is 0. The first kappa shape index (κ1) is 14.4. The van der Waals surface area contributed by atoms with Gasteiger partial charge in [0, 0.05) is 23.5 Å². The van der Waals surface area contributed by atoms with Crippen molar-refractivity contribution in [3.63, 3.8) is 0 Å². The van der Waals surface area contributed by atoms with Crippen LogP contribution in [0.1, 0.15) is 34.2 Å². The van der Waals surface area contributed by atoms with Crippen LogP contribution in [-0.2, 0) is 13.0 Å². The number of ketones is 1. The zero-order valence-corrected chi connectivity index (χ0v) is 12.6. The Morgan fingerprint density at radius 3 is 2.55 bits per heavy atom. The Morgan fingerprint density at radius 2 is 1.95 bits per heavy atom. The molecular weight excluding hydrogens is 250 g/mol. The lowest BCUT2D eigenvalue weighted by Gasteiger charge is -2.12. The lowest BCUT2D eigenvalue weighted by molar-refractivity contribution is 0.101. The minimum absolute atomic E-state index is 0.127. The van der Waals surface area contributed by atoms with Crippen LogP contribution in [0.5, 0.6) is 5.75 Å². The van der Waals surface area contributed by atoms with Gasteiger partial charge in [-0.05, 0) is 44.9 Å². The summed E-state index contributed by atoms with van der Waals surface area (Å²) in [5.41, 5.74) is 4.18. The molecule has 3 nitrogen and oxygen atoms in total. The molecule has 0 N–H and O–H groups in total. The molecular formula is C17H21NO2. The van der Waals surface area contributed by atoms with Crippen LogP contribution in [0.25, 0.3) is 0 Å². The molecule has 0 atom stereocenters. The molecule has 2 rings (SSSR count). The zero-order chi connectivity index (χ0) is 14.7. The average Bonchev–Trinajstić information content (AvgIpc) is 2.72. The van der Waals surface area contributed by atoms with Gasteiger partial charge in [0.05, 0.1) is 7.11 Å². The van der Waals surface area contributed by atoms with E-state index in [1.54, 1.807) is 14.0 Å². The Hall–Kier alpha value is -2.03. The Kier molecular flexibility index (Phi) is 4.28. The number of carbonyl (C=O) groups excluding carboxylic acids is 1. The first-order valence-corrected chi connectivity index (χ1v) is 6.84. The van der Waals surface area contributed by atoms with Crippen molar-refractivity contribution in [1.29, 1.82) is 0 Å². The number of aromatic nitrogens is 1. The minimum Gasteiger partial charge on any atom is -0.496 e. The minimum atomic E-state index is 0.127. The highest BCUT2D eigenvalue weighted by Crippen LogP contribution is 2.21. The van der Waals surface area contributed by atoms with Crippen molar-refractivity contribution in [2.24, 2.45) is 0 Å². The van der Waals surface area contributed by atoms with E-state index in [0.717, 1.165) is 35.7 Å². The number of methoxy groups -OCH3 is 1. The monoisotopic (exact) mass is 271 g/mol. The quantitative estimate of drug-likeness (QED) is 0.779. The highest BCUT2D eigenvalue weighted by atomic mass is 16.5. The normalized spacial score (nSPS) is 10.6. The third-order valence-corrected chi connectivity index (χ3v) is 3.75. The lowest BCUT2D eigenvalue weighted by Crippen LogP contribution is -2.07. The first-order valence-electron chi connectivity index (χ1n) is 6.84. The van der Waals surface area contributed by atoms with E-state index in [-0.39, 0.29) is 5.78 Å². The molecule has 2 aromatic rings. The zero-order valence-electron chi connectivity index (χ0n) is 12.6. The topological polar surface area (TPSA) is 31.2 Å². The molecule has 3 heteroatoms. The fraction of sp³-hybridized carbons (Fsp3) is 0.353. The molecule has 0 aliphatic rings. The molecule has 0 spiro atoms. The van der Waals surface area contributed by atoms with Gasteiger partial charge in [-0.3, -0.25) is 4.79 Å². The molecule has 0 saturated heterocycles. The standard InChI is InChI=1S/C17H21NO2/c1-12-11-16(14(3)19)13(2)18(12)10-9-15-7-5-6-8-17(15)20-4/h5-8,11H,9-10H2,1-4H3. The van der Waals surface area contributed by atoms with E-state index in [9.17, 15) is 4.79 Å². The van der Waals surface area contributed by atoms with Gasteiger partial charge in [-0.2, -0.15) is 0 Å². The third kappa shape index (κ3) is 2.77. The second-order valence-corrected chi connectivity index (χ2v) is 5.05. The van der Waals surface area contributed by atoms with Gasteiger partial charge in [0.2, 0.25) is 0 Å². The van der Waals surface area contributed by atoms with Crippen LogP contribution in [0.4, 0.5) is 0 Å². The fourth-order valence-electron chi connectivity index (χ4n) is 2.64.